The van der Waals surface area contributed by atoms with Gasteiger partial charge in [0.05, 0.1) is 0 Å². The number of hydrogen-bond donors (Lipinski definition) is 4. The molecule has 0 saturated heterocycles. The quantitative estimate of drug-likeness (QED) is 0.232. The Hall–Kier alpha value is -0.650. The van der Waals surface area contributed by atoms with Crippen molar-refractivity contribution in [1.29, 1.82) is 0 Å². The summed E-state index contributed by atoms with van der Waals surface area (Å²) in [6.45, 7) is 2.36. The van der Waals surface area contributed by atoms with Crippen LogP contribution in [0.1, 0.15) is 19.3 Å². The van der Waals surface area contributed by atoms with Gasteiger partial charge in [-0.15, -0.1) is 0 Å². The Morgan fingerprint density at radius 3 is 2.58 bits per heavy atom. The van der Waals surface area contributed by atoms with Crippen LogP contribution in [-0.2, 0) is 4.79 Å². The van der Waals surface area contributed by atoms with Gasteiger partial charge in [0.1, 0.15) is 0 Å². The fourth-order valence-corrected chi connectivity index (χ4v) is 0.782. The summed E-state index contributed by atoms with van der Waals surface area (Å²) < 4.78 is 0. The molecule has 0 atom stereocenters. The van der Waals surface area contributed by atoms with Crippen LogP contribution in [-0.4, -0.2) is 30.7 Å². The van der Waals surface area contributed by atoms with E-state index < -0.39 is 0 Å². The summed E-state index contributed by atoms with van der Waals surface area (Å²) in [5.41, 5.74) is 6.86. The minimum atomic E-state index is -0.337. The topological polar surface area (TPSA) is 87.4 Å². The fourth-order valence-electron chi connectivity index (χ4n) is 0.782. The van der Waals surface area contributed by atoms with Crippen LogP contribution < -0.4 is 16.5 Å². The second kappa shape index (κ2) is 8.45. The molecule has 0 aliphatic rings. The number of carbonyl (C=O) groups is 1. The van der Waals surface area contributed by atoms with Gasteiger partial charge in [-0.2, -0.15) is 0 Å². The van der Waals surface area contributed by atoms with Gasteiger partial charge < -0.3 is 11.1 Å². The number of hydroxylamine groups is 1. The molecule has 0 aromatic carbocycles. The zero-order chi connectivity index (χ0) is 9.23. The van der Waals surface area contributed by atoms with E-state index in [2.05, 4.69) is 5.32 Å². The summed E-state index contributed by atoms with van der Waals surface area (Å²) in [6, 6.07) is 0. The minimum absolute atomic E-state index is 0.337. The number of amides is 1. The summed E-state index contributed by atoms with van der Waals surface area (Å²) in [7, 11) is 0. The molecule has 72 valence electrons. The van der Waals surface area contributed by atoms with E-state index in [9.17, 15) is 4.79 Å². The molecule has 0 rings (SSSR count). The number of nitrogens with two attached hydrogens (primary N) is 1. The van der Waals surface area contributed by atoms with Gasteiger partial charge in [0.15, 0.2) is 0 Å². The van der Waals surface area contributed by atoms with E-state index in [1.165, 1.54) is 0 Å². The van der Waals surface area contributed by atoms with Crippen molar-refractivity contribution in [1.82, 2.24) is 10.8 Å². The van der Waals surface area contributed by atoms with Gasteiger partial charge in [-0.1, -0.05) is 0 Å². The van der Waals surface area contributed by atoms with Crippen molar-refractivity contribution >= 4 is 5.91 Å². The van der Waals surface area contributed by atoms with Crippen molar-refractivity contribution in [2.24, 2.45) is 5.73 Å². The average molecular weight is 175 g/mol. The van der Waals surface area contributed by atoms with Gasteiger partial charge in [0.2, 0.25) is 5.91 Å². The van der Waals surface area contributed by atoms with Crippen molar-refractivity contribution in [2.45, 2.75) is 19.3 Å². The SMILES string of the molecule is NCCCNCCCC(=O)NO. The van der Waals surface area contributed by atoms with Gasteiger partial charge in [-0.05, 0) is 32.5 Å². The van der Waals surface area contributed by atoms with Crippen molar-refractivity contribution in [3.05, 3.63) is 0 Å². The summed E-state index contributed by atoms with van der Waals surface area (Å²) in [6.07, 6.45) is 2.04. The highest BCUT2D eigenvalue weighted by atomic mass is 16.5. The molecule has 0 aliphatic carbocycles. The molecular formula is C7H17N3O2. The Morgan fingerprint density at radius 2 is 2.00 bits per heavy atom. The smallest absolute Gasteiger partial charge is 0.243 e. The molecular weight excluding hydrogens is 158 g/mol. The molecule has 0 heterocycles. The highest BCUT2D eigenvalue weighted by Crippen LogP contribution is 1.85. The molecule has 0 bridgehead atoms. The molecule has 0 fully saturated rings. The normalized spacial score (nSPS) is 9.83. The van der Waals surface area contributed by atoms with Gasteiger partial charge in [-0.25, -0.2) is 5.48 Å². The third-order valence-electron chi connectivity index (χ3n) is 1.44. The van der Waals surface area contributed by atoms with E-state index in [0.29, 0.717) is 13.0 Å². The van der Waals surface area contributed by atoms with Crippen molar-refractivity contribution in [2.75, 3.05) is 19.6 Å². The Labute approximate surface area is 72.3 Å². The lowest BCUT2D eigenvalue weighted by molar-refractivity contribution is -0.129. The Balaban J connectivity index is 2.95. The number of nitrogens with one attached hydrogen (secondary N) is 2. The molecule has 5 heteroatoms. The van der Waals surface area contributed by atoms with Crippen molar-refractivity contribution < 1.29 is 10.0 Å². The van der Waals surface area contributed by atoms with E-state index in [4.69, 9.17) is 10.9 Å². The van der Waals surface area contributed by atoms with E-state index in [-0.39, 0.29) is 5.91 Å². The molecule has 0 saturated carbocycles. The lowest BCUT2D eigenvalue weighted by Gasteiger charge is -2.02. The molecule has 12 heavy (non-hydrogen) atoms. The monoisotopic (exact) mass is 175 g/mol. The second-order valence-corrected chi connectivity index (χ2v) is 2.53. The number of hydrogen-bond acceptors (Lipinski definition) is 4. The lowest BCUT2D eigenvalue weighted by Crippen LogP contribution is -2.23. The molecule has 0 aromatic heterocycles. The largest absolute Gasteiger partial charge is 0.330 e. The zero-order valence-corrected chi connectivity index (χ0v) is 7.18. The number of carbonyl (C=O) groups excluding carboxylic acids is 1. The number of rotatable bonds is 7. The van der Waals surface area contributed by atoms with Gasteiger partial charge in [-0.3, -0.25) is 10.0 Å². The molecule has 0 aromatic rings. The third-order valence-corrected chi connectivity index (χ3v) is 1.44. The van der Waals surface area contributed by atoms with Gasteiger partial charge in [0, 0.05) is 6.42 Å². The van der Waals surface area contributed by atoms with Gasteiger partial charge >= 0.3 is 0 Å². The van der Waals surface area contributed by atoms with E-state index >= 15 is 0 Å². The molecule has 0 unspecified atom stereocenters. The summed E-state index contributed by atoms with van der Waals surface area (Å²) in [5.74, 6) is -0.337. The first-order valence-corrected chi connectivity index (χ1v) is 4.15. The molecule has 0 radical (unpaired) electrons. The van der Waals surface area contributed by atoms with Crippen LogP contribution in [0.15, 0.2) is 0 Å². The van der Waals surface area contributed by atoms with Crippen LogP contribution in [0.2, 0.25) is 0 Å². The minimum Gasteiger partial charge on any atom is -0.330 e. The van der Waals surface area contributed by atoms with Crippen LogP contribution in [0.3, 0.4) is 0 Å². The summed E-state index contributed by atoms with van der Waals surface area (Å²) >= 11 is 0. The highest BCUT2D eigenvalue weighted by Gasteiger charge is 1.96. The van der Waals surface area contributed by atoms with Crippen LogP contribution in [0.5, 0.6) is 0 Å². The fraction of sp³-hybridized carbons (Fsp3) is 0.857. The van der Waals surface area contributed by atoms with E-state index in [1.807, 2.05) is 0 Å². The van der Waals surface area contributed by atoms with Crippen LogP contribution >= 0.6 is 0 Å². The maximum Gasteiger partial charge on any atom is 0.243 e. The first kappa shape index (κ1) is 11.4. The van der Waals surface area contributed by atoms with E-state index in [1.54, 1.807) is 5.48 Å². The first-order chi connectivity index (χ1) is 5.81. The summed E-state index contributed by atoms with van der Waals surface area (Å²) in [4.78, 5) is 10.5. The summed E-state index contributed by atoms with van der Waals surface area (Å²) in [5, 5.41) is 11.3. The van der Waals surface area contributed by atoms with Gasteiger partial charge in [0.25, 0.3) is 0 Å². The predicted octanol–water partition coefficient (Wildman–Crippen LogP) is -0.790. The molecule has 0 spiro atoms. The standard InChI is InChI=1S/C7H17N3O2/c8-4-2-6-9-5-1-3-7(11)10-12/h9,12H,1-6,8H2,(H,10,11). The van der Waals surface area contributed by atoms with Crippen LogP contribution in [0, 0.1) is 0 Å². The van der Waals surface area contributed by atoms with Crippen molar-refractivity contribution in [3.63, 3.8) is 0 Å². The lowest BCUT2D eigenvalue weighted by atomic mass is 10.3. The van der Waals surface area contributed by atoms with Crippen molar-refractivity contribution in [3.8, 4) is 0 Å². The molecule has 5 nitrogen and oxygen atoms in total. The predicted molar refractivity (Wildman–Crippen MR) is 45.7 cm³/mol. The van der Waals surface area contributed by atoms with Crippen LogP contribution in [0.4, 0.5) is 0 Å². The molecule has 0 aliphatic heterocycles. The highest BCUT2D eigenvalue weighted by molar-refractivity contribution is 5.74. The maximum atomic E-state index is 10.5. The Morgan fingerprint density at radius 1 is 1.33 bits per heavy atom. The average Bonchev–Trinajstić information content (AvgIpc) is 2.10. The van der Waals surface area contributed by atoms with E-state index in [0.717, 1.165) is 25.9 Å². The second-order valence-electron chi connectivity index (χ2n) is 2.53. The Bertz CT molecular complexity index is 119. The molecule has 5 N–H and O–H groups in total. The Kier molecular flexibility index (Phi) is 7.99. The van der Waals surface area contributed by atoms with Crippen LogP contribution in [0.25, 0.3) is 0 Å². The first-order valence-electron chi connectivity index (χ1n) is 4.15. The third kappa shape index (κ3) is 7.46. The molecule has 1 amide bonds. The zero-order valence-electron chi connectivity index (χ0n) is 7.18. The maximum absolute atomic E-state index is 10.5.